The maximum Gasteiger partial charge on any atom is 0.153 e. The largest absolute Gasteiger partial charge is 0.395 e. The fourth-order valence-electron chi connectivity index (χ4n) is 1.75. The van der Waals surface area contributed by atoms with Crippen LogP contribution in [0, 0.1) is 5.82 Å². The van der Waals surface area contributed by atoms with Crippen LogP contribution in [-0.2, 0) is 9.84 Å². The van der Waals surface area contributed by atoms with Crippen LogP contribution in [0.5, 0.6) is 0 Å². The zero-order valence-corrected chi connectivity index (χ0v) is 9.50. The van der Waals surface area contributed by atoms with E-state index in [1.54, 1.807) is 17.0 Å². The van der Waals surface area contributed by atoms with E-state index in [1.165, 1.54) is 6.07 Å². The van der Waals surface area contributed by atoms with Crippen LogP contribution >= 0.6 is 0 Å². The highest BCUT2D eigenvalue weighted by atomic mass is 32.2. The number of sulfone groups is 1. The molecule has 1 aromatic rings. The lowest BCUT2D eigenvalue weighted by Crippen LogP contribution is -2.40. The molecule has 1 aromatic carbocycles. The van der Waals surface area contributed by atoms with Gasteiger partial charge in [-0.25, -0.2) is 12.8 Å². The van der Waals surface area contributed by atoms with E-state index in [-0.39, 0.29) is 17.2 Å². The van der Waals surface area contributed by atoms with Gasteiger partial charge in [0.1, 0.15) is 5.82 Å². The molecule has 1 aliphatic heterocycles. The predicted molar refractivity (Wildman–Crippen MR) is 61.7 cm³/mol. The van der Waals surface area contributed by atoms with Crippen molar-refractivity contribution in [1.82, 2.24) is 0 Å². The number of halogens is 1. The van der Waals surface area contributed by atoms with E-state index in [0.717, 1.165) is 0 Å². The molecule has 1 heterocycles. The van der Waals surface area contributed by atoms with Crippen LogP contribution < -0.4 is 10.6 Å². The number of nitrogens with zero attached hydrogens (tertiary/aromatic N) is 1. The Morgan fingerprint density at radius 1 is 1.25 bits per heavy atom. The van der Waals surface area contributed by atoms with Gasteiger partial charge in [-0.1, -0.05) is 6.07 Å². The molecule has 0 atom stereocenters. The number of benzene rings is 1. The minimum absolute atomic E-state index is 0.0850. The fourth-order valence-corrected chi connectivity index (χ4v) is 2.96. The molecule has 4 nitrogen and oxygen atoms in total. The summed E-state index contributed by atoms with van der Waals surface area (Å²) in [6, 6.07) is 4.57. The molecule has 0 saturated carbocycles. The molecule has 88 valence electrons. The van der Waals surface area contributed by atoms with Gasteiger partial charge >= 0.3 is 0 Å². The number of hydrogen-bond acceptors (Lipinski definition) is 4. The molecule has 16 heavy (non-hydrogen) atoms. The number of anilines is 2. The maximum absolute atomic E-state index is 13.2. The zero-order valence-electron chi connectivity index (χ0n) is 8.69. The molecule has 0 amide bonds. The van der Waals surface area contributed by atoms with Gasteiger partial charge in [0.2, 0.25) is 0 Å². The van der Waals surface area contributed by atoms with Gasteiger partial charge < -0.3 is 10.6 Å². The van der Waals surface area contributed by atoms with E-state index in [1.807, 2.05) is 0 Å². The van der Waals surface area contributed by atoms with Gasteiger partial charge in [-0.3, -0.25) is 0 Å². The summed E-state index contributed by atoms with van der Waals surface area (Å²) in [5.41, 5.74) is 6.28. The van der Waals surface area contributed by atoms with Crippen LogP contribution in [0.25, 0.3) is 0 Å². The summed E-state index contributed by atoms with van der Waals surface area (Å²) in [5.74, 6) is -0.266. The summed E-state index contributed by atoms with van der Waals surface area (Å²) in [5, 5.41) is 0. The SMILES string of the molecule is Nc1c(F)cccc1N1CCS(=O)(=O)CC1. The van der Waals surface area contributed by atoms with E-state index in [0.29, 0.717) is 18.8 Å². The number of para-hydroxylation sites is 1. The molecular weight excluding hydrogens is 231 g/mol. The topological polar surface area (TPSA) is 63.4 Å². The van der Waals surface area contributed by atoms with Crippen LogP contribution in [-0.4, -0.2) is 33.0 Å². The number of nitrogens with two attached hydrogens (primary N) is 1. The van der Waals surface area contributed by atoms with Crippen LogP contribution in [0.1, 0.15) is 0 Å². The number of rotatable bonds is 1. The Kier molecular flexibility index (Phi) is 2.75. The molecule has 0 bridgehead atoms. The molecule has 1 saturated heterocycles. The van der Waals surface area contributed by atoms with E-state index in [9.17, 15) is 12.8 Å². The third-order valence-corrected chi connectivity index (χ3v) is 4.32. The Morgan fingerprint density at radius 2 is 1.88 bits per heavy atom. The summed E-state index contributed by atoms with van der Waals surface area (Å²) < 4.78 is 35.7. The van der Waals surface area contributed by atoms with Gasteiger partial charge in [0.05, 0.1) is 22.9 Å². The van der Waals surface area contributed by atoms with Crippen LogP contribution in [0.2, 0.25) is 0 Å². The van der Waals surface area contributed by atoms with Crippen molar-refractivity contribution in [1.29, 1.82) is 0 Å². The average molecular weight is 244 g/mol. The molecular formula is C10H13FN2O2S. The first-order valence-corrected chi connectivity index (χ1v) is 6.81. The molecule has 0 aromatic heterocycles. The average Bonchev–Trinajstić information content (AvgIpc) is 2.23. The smallest absolute Gasteiger partial charge is 0.153 e. The van der Waals surface area contributed by atoms with Crippen LogP contribution in [0.4, 0.5) is 15.8 Å². The molecule has 6 heteroatoms. The van der Waals surface area contributed by atoms with Crippen molar-refractivity contribution in [3.05, 3.63) is 24.0 Å². The quantitative estimate of drug-likeness (QED) is 0.736. The van der Waals surface area contributed by atoms with Crippen molar-refractivity contribution in [2.24, 2.45) is 0 Å². The molecule has 1 fully saturated rings. The van der Waals surface area contributed by atoms with Crippen molar-refractivity contribution >= 4 is 21.2 Å². The third-order valence-electron chi connectivity index (χ3n) is 2.72. The second-order valence-electron chi connectivity index (χ2n) is 3.81. The second-order valence-corrected chi connectivity index (χ2v) is 6.12. The minimum Gasteiger partial charge on any atom is -0.395 e. The van der Waals surface area contributed by atoms with Crippen LogP contribution in [0.3, 0.4) is 0 Å². The molecule has 1 aliphatic rings. The normalized spacial score (nSPS) is 19.7. The Labute approximate surface area is 93.8 Å². The van der Waals surface area contributed by atoms with Gasteiger partial charge in [-0.2, -0.15) is 0 Å². The Hall–Kier alpha value is -1.30. The summed E-state index contributed by atoms with van der Waals surface area (Å²) in [6.07, 6.45) is 0. The molecule has 0 aliphatic carbocycles. The van der Waals surface area contributed by atoms with Crippen molar-refractivity contribution < 1.29 is 12.8 Å². The highest BCUT2D eigenvalue weighted by Gasteiger charge is 2.23. The van der Waals surface area contributed by atoms with Gasteiger partial charge in [-0.15, -0.1) is 0 Å². The van der Waals surface area contributed by atoms with Crippen molar-refractivity contribution in [2.75, 3.05) is 35.2 Å². The highest BCUT2D eigenvalue weighted by Crippen LogP contribution is 2.26. The molecule has 2 rings (SSSR count). The predicted octanol–water partition coefficient (Wildman–Crippen LogP) is 0.643. The van der Waals surface area contributed by atoms with Gasteiger partial charge in [0.15, 0.2) is 9.84 Å². The first kappa shape index (κ1) is 11.2. The third kappa shape index (κ3) is 2.11. The second kappa shape index (κ2) is 3.93. The highest BCUT2D eigenvalue weighted by molar-refractivity contribution is 7.91. The molecule has 0 unspecified atom stereocenters. The minimum atomic E-state index is -2.92. The zero-order chi connectivity index (χ0) is 11.8. The van der Waals surface area contributed by atoms with Crippen molar-refractivity contribution in [3.63, 3.8) is 0 Å². The number of nitrogen functional groups attached to an aromatic ring is 1. The first-order chi connectivity index (χ1) is 7.49. The lowest BCUT2D eigenvalue weighted by atomic mass is 10.2. The Bertz CT molecular complexity index is 488. The summed E-state index contributed by atoms with van der Waals surface area (Å²) in [7, 11) is -2.92. The van der Waals surface area contributed by atoms with Gasteiger partial charge in [-0.05, 0) is 12.1 Å². The lowest BCUT2D eigenvalue weighted by molar-refractivity contribution is 0.586. The van der Waals surface area contributed by atoms with E-state index < -0.39 is 15.7 Å². The maximum atomic E-state index is 13.2. The van der Waals surface area contributed by atoms with Gasteiger partial charge in [0, 0.05) is 13.1 Å². The summed E-state index contributed by atoms with van der Waals surface area (Å²) >= 11 is 0. The standard InChI is InChI=1S/C10H13FN2O2S/c11-8-2-1-3-9(10(8)12)13-4-6-16(14,15)7-5-13/h1-3H,4-7,12H2. The summed E-state index contributed by atoms with van der Waals surface area (Å²) in [4.78, 5) is 1.81. The van der Waals surface area contributed by atoms with Gasteiger partial charge in [0.25, 0.3) is 0 Å². The molecule has 0 spiro atoms. The van der Waals surface area contributed by atoms with Crippen molar-refractivity contribution in [2.45, 2.75) is 0 Å². The van der Waals surface area contributed by atoms with E-state index in [2.05, 4.69) is 0 Å². The Balaban J connectivity index is 2.24. The van der Waals surface area contributed by atoms with Crippen molar-refractivity contribution in [3.8, 4) is 0 Å². The lowest BCUT2D eigenvalue weighted by Gasteiger charge is -2.29. The molecule has 0 radical (unpaired) electrons. The number of hydrogen-bond donors (Lipinski definition) is 1. The summed E-state index contributed by atoms with van der Waals surface area (Å²) in [6.45, 7) is 0.742. The van der Waals surface area contributed by atoms with E-state index >= 15 is 0 Å². The first-order valence-electron chi connectivity index (χ1n) is 4.99. The molecule has 2 N–H and O–H groups in total. The van der Waals surface area contributed by atoms with Crippen LogP contribution in [0.15, 0.2) is 18.2 Å². The van der Waals surface area contributed by atoms with E-state index in [4.69, 9.17) is 5.73 Å². The monoisotopic (exact) mass is 244 g/mol. The Morgan fingerprint density at radius 3 is 2.50 bits per heavy atom. The fraction of sp³-hybridized carbons (Fsp3) is 0.400.